The van der Waals surface area contributed by atoms with Crippen molar-refractivity contribution in [2.24, 2.45) is 11.7 Å². The third-order valence-corrected chi connectivity index (χ3v) is 3.47. The van der Waals surface area contributed by atoms with Gasteiger partial charge in [-0.15, -0.1) is 12.6 Å². The highest BCUT2D eigenvalue weighted by molar-refractivity contribution is 8.11. The van der Waals surface area contributed by atoms with Gasteiger partial charge in [-0.25, -0.2) is 0 Å². The average Bonchev–Trinajstić information content (AvgIpc) is 2.20. The molecule has 1 aliphatic rings. The third-order valence-electron chi connectivity index (χ3n) is 3.17. The smallest absolute Gasteiger partial charge is 0.362 e. The maximum absolute atomic E-state index is 11.3. The summed E-state index contributed by atoms with van der Waals surface area (Å²) in [5, 5.41) is 1.86. The van der Waals surface area contributed by atoms with Crippen LogP contribution in [0.25, 0.3) is 0 Å². The number of nitrogens with one attached hydrogen (secondary N) is 1. The third kappa shape index (κ3) is 8.99. The van der Waals surface area contributed by atoms with Gasteiger partial charge in [0.25, 0.3) is 0 Å². The fourth-order valence-corrected chi connectivity index (χ4v) is 1.86. The summed E-state index contributed by atoms with van der Waals surface area (Å²) < 4.78 is 33.6. The summed E-state index contributed by atoms with van der Waals surface area (Å²) in [6.45, 7) is 3.32. The molecule has 0 spiro atoms. The number of hydrogen-bond donors (Lipinski definition) is 3. The molecule has 3 N–H and O–H groups in total. The molecule has 18 heavy (non-hydrogen) atoms. The van der Waals surface area contributed by atoms with Crippen LogP contribution < -0.4 is 11.1 Å². The molecule has 0 heterocycles. The van der Waals surface area contributed by atoms with Crippen LogP contribution in [0.2, 0.25) is 0 Å². The Morgan fingerprint density at radius 3 is 2.28 bits per heavy atom. The highest BCUT2D eigenvalue weighted by Crippen LogP contribution is 2.30. The monoisotopic (exact) mass is 302 g/mol. The second kappa shape index (κ2) is 7.55. The van der Waals surface area contributed by atoms with Crippen molar-refractivity contribution in [2.45, 2.75) is 51.2 Å². The van der Waals surface area contributed by atoms with Crippen molar-refractivity contribution in [3.63, 3.8) is 0 Å². The SMILES string of the molecule is CC1CCCCC1(C)N.FC(F)(F)CNC(=S)S. The van der Waals surface area contributed by atoms with Crippen molar-refractivity contribution in [3.05, 3.63) is 0 Å². The molecule has 0 aliphatic heterocycles. The first-order valence-corrected chi connectivity index (χ1v) is 6.72. The van der Waals surface area contributed by atoms with Crippen LogP contribution in [-0.2, 0) is 0 Å². The van der Waals surface area contributed by atoms with Crippen LogP contribution in [0.1, 0.15) is 39.5 Å². The van der Waals surface area contributed by atoms with Crippen molar-refractivity contribution in [1.82, 2.24) is 5.32 Å². The van der Waals surface area contributed by atoms with E-state index in [1.165, 1.54) is 25.7 Å². The van der Waals surface area contributed by atoms with E-state index in [0.717, 1.165) is 5.92 Å². The molecule has 1 rings (SSSR count). The molecule has 7 heteroatoms. The first kappa shape index (κ1) is 18.0. The molecule has 0 bridgehead atoms. The van der Waals surface area contributed by atoms with Gasteiger partial charge in [0, 0.05) is 5.54 Å². The first-order chi connectivity index (χ1) is 8.04. The molecule has 2 atom stereocenters. The molecular formula is C11H21F3N2S2. The molecular weight excluding hydrogens is 281 g/mol. The van der Waals surface area contributed by atoms with Gasteiger partial charge in [-0.3, -0.25) is 0 Å². The number of thiocarbonyl (C=S) groups is 1. The number of nitrogens with two attached hydrogens (primary N) is 1. The van der Waals surface area contributed by atoms with Crippen molar-refractivity contribution in [2.75, 3.05) is 6.54 Å². The zero-order valence-corrected chi connectivity index (χ0v) is 12.4. The molecule has 108 valence electrons. The number of halogens is 3. The van der Waals surface area contributed by atoms with Gasteiger partial charge in [-0.05, 0) is 25.7 Å². The highest BCUT2D eigenvalue weighted by atomic mass is 32.1. The summed E-state index contributed by atoms with van der Waals surface area (Å²) in [5.41, 5.74) is 6.16. The Morgan fingerprint density at radius 2 is 2.06 bits per heavy atom. The largest absolute Gasteiger partial charge is 0.405 e. The van der Waals surface area contributed by atoms with E-state index in [2.05, 4.69) is 38.7 Å². The molecule has 0 amide bonds. The Labute approximate surface area is 117 Å². The van der Waals surface area contributed by atoms with E-state index in [9.17, 15) is 13.2 Å². The summed E-state index contributed by atoms with van der Waals surface area (Å²) in [6.07, 6.45) is 1.04. The lowest BCUT2D eigenvalue weighted by Gasteiger charge is -2.35. The Balaban J connectivity index is 0.000000321. The van der Waals surface area contributed by atoms with Gasteiger partial charge in [0.1, 0.15) is 10.9 Å². The van der Waals surface area contributed by atoms with Crippen LogP contribution in [0.15, 0.2) is 0 Å². The lowest BCUT2D eigenvalue weighted by molar-refractivity contribution is -0.121. The van der Waals surface area contributed by atoms with Gasteiger partial charge in [0.2, 0.25) is 0 Å². The van der Waals surface area contributed by atoms with Crippen molar-refractivity contribution in [1.29, 1.82) is 0 Å². The lowest BCUT2D eigenvalue weighted by atomic mass is 9.76. The van der Waals surface area contributed by atoms with Gasteiger partial charge in [0.05, 0.1) is 0 Å². The van der Waals surface area contributed by atoms with Gasteiger partial charge in [0.15, 0.2) is 0 Å². The zero-order valence-electron chi connectivity index (χ0n) is 10.7. The van der Waals surface area contributed by atoms with E-state index in [-0.39, 0.29) is 9.86 Å². The topological polar surface area (TPSA) is 38.0 Å². The molecule has 1 aliphatic carbocycles. The quantitative estimate of drug-likeness (QED) is 0.514. The molecule has 0 aromatic heterocycles. The second-order valence-electron chi connectivity index (χ2n) is 4.93. The molecule has 0 aromatic carbocycles. The van der Waals surface area contributed by atoms with E-state index in [0.29, 0.717) is 0 Å². The Morgan fingerprint density at radius 1 is 1.50 bits per heavy atom. The zero-order chi connectivity index (χ0) is 14.4. The Hall–Kier alpha value is -0.0100. The fourth-order valence-electron chi connectivity index (χ4n) is 1.71. The van der Waals surface area contributed by atoms with Crippen LogP contribution in [-0.4, -0.2) is 22.6 Å². The summed E-state index contributed by atoms with van der Waals surface area (Å²) in [5.74, 6) is 0.728. The molecule has 0 radical (unpaired) electrons. The minimum absolute atomic E-state index is 0.137. The van der Waals surface area contributed by atoms with E-state index in [1.54, 1.807) is 0 Å². The number of alkyl halides is 3. The Kier molecular flexibility index (Phi) is 7.54. The average molecular weight is 302 g/mol. The Bertz CT molecular complexity index is 268. The molecule has 2 nitrogen and oxygen atoms in total. The van der Waals surface area contributed by atoms with Gasteiger partial charge in [-0.1, -0.05) is 32.0 Å². The van der Waals surface area contributed by atoms with E-state index >= 15 is 0 Å². The normalized spacial score (nSPS) is 28.1. The predicted molar refractivity (Wildman–Crippen MR) is 75.9 cm³/mol. The highest BCUT2D eigenvalue weighted by Gasteiger charge is 2.28. The standard InChI is InChI=1S/C8H17N.C3H4F3NS2/c1-7-5-3-4-6-8(7,2)9;4-3(5,6)1-7-2(8)9/h7H,3-6,9H2,1-2H3;1H2,(H2,7,8,9). The summed E-state index contributed by atoms with van der Waals surface area (Å²) >= 11 is 7.65. The maximum Gasteiger partial charge on any atom is 0.405 e. The summed E-state index contributed by atoms with van der Waals surface area (Å²) in [6, 6.07) is 0. The molecule has 2 unspecified atom stereocenters. The van der Waals surface area contributed by atoms with Crippen LogP contribution in [0, 0.1) is 5.92 Å². The van der Waals surface area contributed by atoms with Crippen LogP contribution in [0.4, 0.5) is 13.2 Å². The fraction of sp³-hybridized carbons (Fsp3) is 0.909. The molecule has 0 saturated heterocycles. The van der Waals surface area contributed by atoms with Crippen molar-refractivity contribution in [3.8, 4) is 0 Å². The maximum atomic E-state index is 11.3. The molecule has 1 saturated carbocycles. The minimum Gasteiger partial charge on any atom is -0.362 e. The summed E-state index contributed by atoms with van der Waals surface area (Å²) in [4.78, 5) is 0. The first-order valence-electron chi connectivity index (χ1n) is 5.87. The molecule has 0 aromatic rings. The van der Waals surface area contributed by atoms with E-state index < -0.39 is 12.7 Å². The van der Waals surface area contributed by atoms with Crippen LogP contribution >= 0.6 is 24.8 Å². The predicted octanol–water partition coefficient (Wildman–Crippen LogP) is 3.27. The van der Waals surface area contributed by atoms with Gasteiger partial charge < -0.3 is 11.1 Å². The second-order valence-corrected chi connectivity index (χ2v) is 6.08. The summed E-state index contributed by atoms with van der Waals surface area (Å²) in [7, 11) is 0. The number of hydrogen-bond acceptors (Lipinski definition) is 2. The number of thiol groups is 1. The van der Waals surface area contributed by atoms with Gasteiger partial charge in [-0.2, -0.15) is 13.2 Å². The van der Waals surface area contributed by atoms with Crippen LogP contribution in [0.3, 0.4) is 0 Å². The van der Waals surface area contributed by atoms with E-state index in [1.807, 2.05) is 5.32 Å². The van der Waals surface area contributed by atoms with Crippen molar-refractivity contribution < 1.29 is 13.2 Å². The number of rotatable bonds is 1. The minimum atomic E-state index is -4.22. The lowest BCUT2D eigenvalue weighted by Crippen LogP contribution is -2.44. The van der Waals surface area contributed by atoms with E-state index in [4.69, 9.17) is 5.73 Å². The van der Waals surface area contributed by atoms with Crippen LogP contribution in [0.5, 0.6) is 0 Å². The molecule has 1 fully saturated rings. The van der Waals surface area contributed by atoms with Crippen molar-refractivity contribution >= 4 is 29.2 Å². The van der Waals surface area contributed by atoms with Gasteiger partial charge >= 0.3 is 6.18 Å².